The number of Topliss-reactive ketones (excluding diaryl/α,β-unsaturated/α-hetero) is 1. The zero-order valence-electron chi connectivity index (χ0n) is 10.3. The van der Waals surface area contributed by atoms with Crippen LogP contribution in [-0.2, 0) is 4.79 Å². The Kier molecular flexibility index (Phi) is 5.03. The Bertz CT molecular complexity index is 255. The van der Waals surface area contributed by atoms with Gasteiger partial charge in [0.15, 0.2) is 5.78 Å². The van der Waals surface area contributed by atoms with Crippen LogP contribution in [0.2, 0.25) is 0 Å². The highest BCUT2D eigenvalue weighted by Gasteiger charge is 2.19. The minimum Gasteiger partial charge on any atom is -0.299 e. The quantitative estimate of drug-likeness (QED) is 0.694. The maximum absolute atomic E-state index is 11.9. The van der Waals surface area contributed by atoms with E-state index in [9.17, 15) is 4.79 Å². The highest BCUT2D eigenvalue weighted by molar-refractivity contribution is 5.96. The predicted molar refractivity (Wildman–Crippen MR) is 64.0 cm³/mol. The fraction of sp³-hybridized carbons (Fsp3) is 0.769. The molecule has 0 N–H and O–H groups in total. The molecule has 0 aliphatic carbocycles. The lowest BCUT2D eigenvalue weighted by atomic mass is 9.95. The molecule has 2 heteroatoms. The van der Waals surface area contributed by atoms with Crippen LogP contribution in [0.25, 0.3) is 0 Å². The van der Waals surface area contributed by atoms with Gasteiger partial charge in [0.1, 0.15) is 0 Å². The van der Waals surface area contributed by atoms with Crippen LogP contribution in [0.15, 0.2) is 11.1 Å². The second-order valence-electron chi connectivity index (χ2n) is 4.40. The summed E-state index contributed by atoms with van der Waals surface area (Å²) < 4.78 is 0. The molecule has 15 heavy (non-hydrogen) atoms. The second kappa shape index (κ2) is 6.06. The van der Waals surface area contributed by atoms with Gasteiger partial charge < -0.3 is 0 Å². The van der Waals surface area contributed by atoms with E-state index in [1.54, 1.807) is 0 Å². The van der Waals surface area contributed by atoms with Crippen LogP contribution < -0.4 is 0 Å². The normalized spacial score (nSPS) is 18.3. The molecule has 1 aliphatic rings. The first kappa shape index (κ1) is 12.4. The molecule has 0 aromatic rings. The molecule has 0 spiro atoms. The van der Waals surface area contributed by atoms with Crippen LogP contribution in [0.5, 0.6) is 0 Å². The summed E-state index contributed by atoms with van der Waals surface area (Å²) in [7, 11) is 0. The molecular formula is C13H23NO. The highest BCUT2D eigenvalue weighted by atomic mass is 16.1. The number of nitrogens with zero attached hydrogens (tertiary/aromatic N) is 1. The number of carbonyl (C=O) groups is 1. The Hall–Kier alpha value is -0.630. The van der Waals surface area contributed by atoms with Crippen LogP contribution in [0.3, 0.4) is 0 Å². The van der Waals surface area contributed by atoms with E-state index in [-0.39, 0.29) is 0 Å². The lowest BCUT2D eigenvalue weighted by Crippen LogP contribution is -2.32. The van der Waals surface area contributed by atoms with Crippen molar-refractivity contribution in [2.24, 2.45) is 0 Å². The van der Waals surface area contributed by atoms with Crippen molar-refractivity contribution in [3.8, 4) is 0 Å². The van der Waals surface area contributed by atoms with E-state index in [2.05, 4.69) is 25.7 Å². The number of hydrogen-bond donors (Lipinski definition) is 0. The van der Waals surface area contributed by atoms with Gasteiger partial charge in [-0.05, 0) is 31.9 Å². The Morgan fingerprint density at radius 1 is 1.40 bits per heavy atom. The zero-order chi connectivity index (χ0) is 11.3. The minimum absolute atomic E-state index is 0.394. The van der Waals surface area contributed by atoms with Crippen molar-refractivity contribution in [3.05, 3.63) is 11.1 Å². The highest BCUT2D eigenvalue weighted by Crippen LogP contribution is 2.20. The van der Waals surface area contributed by atoms with E-state index in [4.69, 9.17) is 0 Å². The number of carbonyl (C=O) groups excluding carboxylic acids is 1. The average molecular weight is 209 g/mol. The molecule has 0 aromatic heterocycles. The summed E-state index contributed by atoms with van der Waals surface area (Å²) in [5.74, 6) is 0.394. The second-order valence-corrected chi connectivity index (χ2v) is 4.40. The standard InChI is InChI=1S/C13H23NO/c1-4-6-7-13(15)12-8-9-14(5-2)10-11(12)3/h4-10H2,1-3H3. The predicted octanol–water partition coefficient (Wildman–Crippen LogP) is 2.79. The van der Waals surface area contributed by atoms with E-state index in [0.29, 0.717) is 5.78 Å². The first-order valence-electron chi connectivity index (χ1n) is 6.13. The Morgan fingerprint density at radius 3 is 2.67 bits per heavy atom. The van der Waals surface area contributed by atoms with Gasteiger partial charge in [-0.2, -0.15) is 0 Å². The van der Waals surface area contributed by atoms with Crippen molar-refractivity contribution in [2.45, 2.75) is 46.5 Å². The Labute approximate surface area is 93.3 Å². The Morgan fingerprint density at radius 2 is 2.13 bits per heavy atom. The van der Waals surface area contributed by atoms with Gasteiger partial charge in [0.05, 0.1) is 0 Å². The molecule has 1 aliphatic heterocycles. The van der Waals surface area contributed by atoms with Crippen molar-refractivity contribution in [1.29, 1.82) is 0 Å². The monoisotopic (exact) mass is 209 g/mol. The minimum atomic E-state index is 0.394. The summed E-state index contributed by atoms with van der Waals surface area (Å²) in [5.41, 5.74) is 2.41. The fourth-order valence-corrected chi connectivity index (χ4v) is 2.13. The first-order valence-corrected chi connectivity index (χ1v) is 6.13. The van der Waals surface area contributed by atoms with Gasteiger partial charge in [-0.1, -0.05) is 25.8 Å². The number of unbranched alkanes of at least 4 members (excludes halogenated alkanes) is 1. The van der Waals surface area contributed by atoms with Crippen LogP contribution in [0.1, 0.15) is 46.5 Å². The van der Waals surface area contributed by atoms with E-state index in [0.717, 1.165) is 50.9 Å². The van der Waals surface area contributed by atoms with E-state index in [1.165, 1.54) is 5.57 Å². The molecule has 0 fully saturated rings. The van der Waals surface area contributed by atoms with Gasteiger partial charge in [-0.15, -0.1) is 0 Å². The maximum atomic E-state index is 11.9. The van der Waals surface area contributed by atoms with Gasteiger partial charge >= 0.3 is 0 Å². The summed E-state index contributed by atoms with van der Waals surface area (Å²) in [6, 6.07) is 0. The van der Waals surface area contributed by atoms with Crippen molar-refractivity contribution in [3.63, 3.8) is 0 Å². The number of likely N-dealkylation sites (N-methyl/N-ethyl adjacent to an activating group) is 1. The fourth-order valence-electron chi connectivity index (χ4n) is 2.13. The third-order valence-electron chi connectivity index (χ3n) is 3.20. The first-order chi connectivity index (χ1) is 7.19. The molecule has 0 saturated carbocycles. The molecule has 0 atom stereocenters. The molecule has 2 nitrogen and oxygen atoms in total. The van der Waals surface area contributed by atoms with Crippen LogP contribution in [0.4, 0.5) is 0 Å². The molecule has 0 saturated heterocycles. The van der Waals surface area contributed by atoms with E-state index in [1.807, 2.05) is 0 Å². The summed E-state index contributed by atoms with van der Waals surface area (Å²) in [6.45, 7) is 9.56. The molecule has 1 heterocycles. The molecule has 1 rings (SSSR count). The lowest BCUT2D eigenvalue weighted by Gasteiger charge is -2.27. The third-order valence-corrected chi connectivity index (χ3v) is 3.20. The molecule has 86 valence electrons. The topological polar surface area (TPSA) is 20.3 Å². The third kappa shape index (κ3) is 3.45. The van der Waals surface area contributed by atoms with Crippen molar-refractivity contribution in [1.82, 2.24) is 4.90 Å². The van der Waals surface area contributed by atoms with Gasteiger partial charge in [0.25, 0.3) is 0 Å². The largest absolute Gasteiger partial charge is 0.299 e. The summed E-state index contributed by atoms with van der Waals surface area (Å²) >= 11 is 0. The van der Waals surface area contributed by atoms with Gasteiger partial charge in [0, 0.05) is 19.5 Å². The van der Waals surface area contributed by atoms with Crippen LogP contribution >= 0.6 is 0 Å². The summed E-state index contributed by atoms with van der Waals surface area (Å²) in [5, 5.41) is 0. The van der Waals surface area contributed by atoms with Crippen molar-refractivity contribution >= 4 is 5.78 Å². The molecule has 0 radical (unpaired) electrons. The summed E-state index contributed by atoms with van der Waals surface area (Å²) in [6.07, 6.45) is 3.85. The molecule has 0 amide bonds. The lowest BCUT2D eigenvalue weighted by molar-refractivity contribution is -0.116. The average Bonchev–Trinajstić information content (AvgIpc) is 2.25. The Balaban J connectivity index is 2.57. The molecular weight excluding hydrogens is 186 g/mol. The zero-order valence-corrected chi connectivity index (χ0v) is 10.3. The SMILES string of the molecule is CCCCC(=O)C1=C(C)CN(CC)CC1. The van der Waals surface area contributed by atoms with Crippen LogP contribution in [0, 0.1) is 0 Å². The molecule has 0 aromatic carbocycles. The van der Waals surface area contributed by atoms with Crippen LogP contribution in [-0.4, -0.2) is 30.3 Å². The smallest absolute Gasteiger partial charge is 0.158 e. The van der Waals surface area contributed by atoms with Gasteiger partial charge in [0.2, 0.25) is 0 Å². The number of ketones is 1. The van der Waals surface area contributed by atoms with E-state index < -0.39 is 0 Å². The number of rotatable bonds is 5. The maximum Gasteiger partial charge on any atom is 0.158 e. The summed E-state index contributed by atoms with van der Waals surface area (Å²) in [4.78, 5) is 14.3. The number of hydrogen-bond acceptors (Lipinski definition) is 2. The van der Waals surface area contributed by atoms with Gasteiger partial charge in [-0.25, -0.2) is 0 Å². The molecule has 0 unspecified atom stereocenters. The van der Waals surface area contributed by atoms with Gasteiger partial charge in [-0.3, -0.25) is 9.69 Å². The van der Waals surface area contributed by atoms with Crippen molar-refractivity contribution in [2.75, 3.05) is 19.6 Å². The molecule has 0 bridgehead atoms. The van der Waals surface area contributed by atoms with Crippen molar-refractivity contribution < 1.29 is 4.79 Å². The van der Waals surface area contributed by atoms with E-state index >= 15 is 0 Å².